The van der Waals surface area contributed by atoms with Gasteiger partial charge in [0.15, 0.2) is 0 Å². The van der Waals surface area contributed by atoms with Crippen molar-refractivity contribution in [3.8, 4) is 0 Å². The second-order valence-electron chi connectivity index (χ2n) is 11.9. The van der Waals surface area contributed by atoms with Crippen LogP contribution in [-0.2, 0) is 6.42 Å². The van der Waals surface area contributed by atoms with Crippen molar-refractivity contribution in [2.45, 2.75) is 117 Å². The largest absolute Gasteiger partial charge is 0.0625 e. The average molecular weight is 409 g/mol. The van der Waals surface area contributed by atoms with Gasteiger partial charge in [-0.2, -0.15) is 0 Å². The number of hydrogen-bond acceptors (Lipinski definition) is 0. The first-order valence-electron chi connectivity index (χ1n) is 13.6. The maximum atomic E-state index is 2.46. The normalized spacial score (nSPS) is 35.3. The van der Waals surface area contributed by atoms with Crippen molar-refractivity contribution in [2.75, 3.05) is 0 Å². The van der Waals surface area contributed by atoms with Crippen LogP contribution in [0.3, 0.4) is 0 Å². The fourth-order valence-corrected chi connectivity index (χ4v) is 7.23. The van der Waals surface area contributed by atoms with E-state index < -0.39 is 0 Å². The number of benzene rings is 1. The van der Waals surface area contributed by atoms with Crippen molar-refractivity contribution in [3.05, 3.63) is 34.9 Å². The molecule has 0 heteroatoms. The smallest absolute Gasteiger partial charge is 0.0248 e. The van der Waals surface area contributed by atoms with Gasteiger partial charge in [-0.25, -0.2) is 0 Å². The zero-order valence-electron chi connectivity index (χ0n) is 20.3. The zero-order chi connectivity index (χ0) is 20.9. The van der Waals surface area contributed by atoms with E-state index in [1.54, 1.807) is 49.7 Å². The maximum Gasteiger partial charge on any atom is -0.0248 e. The van der Waals surface area contributed by atoms with Gasteiger partial charge in [0, 0.05) is 0 Å². The monoisotopic (exact) mass is 408 g/mol. The number of rotatable bonds is 6. The molecular formula is C30H48. The quantitative estimate of drug-likeness (QED) is 0.440. The second-order valence-corrected chi connectivity index (χ2v) is 11.9. The fraction of sp³-hybridized carbons (Fsp3) is 0.800. The van der Waals surface area contributed by atoms with Crippen molar-refractivity contribution < 1.29 is 0 Å². The minimum absolute atomic E-state index is 0.940. The van der Waals surface area contributed by atoms with Gasteiger partial charge in [0.25, 0.3) is 0 Å². The molecule has 0 unspecified atom stereocenters. The molecule has 0 aliphatic heterocycles. The summed E-state index contributed by atoms with van der Waals surface area (Å²) in [5.74, 6) is 6.21. The molecule has 30 heavy (non-hydrogen) atoms. The molecule has 0 radical (unpaired) electrons. The molecule has 3 saturated carbocycles. The minimum atomic E-state index is 0.940. The molecule has 1 aromatic carbocycles. The Hall–Kier alpha value is -0.780. The van der Waals surface area contributed by atoms with Crippen LogP contribution in [0.4, 0.5) is 0 Å². The first kappa shape index (κ1) is 22.4. The van der Waals surface area contributed by atoms with Crippen molar-refractivity contribution in [1.29, 1.82) is 0 Å². The van der Waals surface area contributed by atoms with Gasteiger partial charge in [-0.05, 0) is 98.1 Å². The molecule has 3 fully saturated rings. The van der Waals surface area contributed by atoms with Crippen molar-refractivity contribution in [2.24, 2.45) is 35.5 Å². The Balaban J connectivity index is 1.13. The van der Waals surface area contributed by atoms with Crippen molar-refractivity contribution in [1.82, 2.24) is 0 Å². The molecule has 0 amide bonds. The van der Waals surface area contributed by atoms with Gasteiger partial charge in [0.1, 0.15) is 0 Å². The highest BCUT2D eigenvalue weighted by atomic mass is 14.3. The molecule has 0 spiro atoms. The highest BCUT2D eigenvalue weighted by Gasteiger charge is 2.29. The van der Waals surface area contributed by atoms with Gasteiger partial charge < -0.3 is 0 Å². The lowest BCUT2D eigenvalue weighted by Crippen LogP contribution is -2.23. The fourth-order valence-electron chi connectivity index (χ4n) is 7.23. The van der Waals surface area contributed by atoms with Crippen molar-refractivity contribution >= 4 is 0 Å². The minimum Gasteiger partial charge on any atom is -0.0625 e. The topological polar surface area (TPSA) is 0 Å². The van der Waals surface area contributed by atoms with Gasteiger partial charge in [-0.1, -0.05) is 89.3 Å². The summed E-state index contributed by atoms with van der Waals surface area (Å²) in [7, 11) is 0. The van der Waals surface area contributed by atoms with E-state index in [9.17, 15) is 0 Å². The summed E-state index contributed by atoms with van der Waals surface area (Å²) in [6.45, 7) is 7.04. The number of hydrogen-bond donors (Lipinski definition) is 0. The molecule has 0 aromatic heterocycles. The van der Waals surface area contributed by atoms with E-state index >= 15 is 0 Å². The molecule has 0 saturated heterocycles. The van der Waals surface area contributed by atoms with E-state index in [4.69, 9.17) is 0 Å². The predicted molar refractivity (Wildman–Crippen MR) is 131 cm³/mol. The van der Waals surface area contributed by atoms with E-state index in [0.717, 1.165) is 35.5 Å². The molecule has 0 bridgehead atoms. The van der Waals surface area contributed by atoms with Crippen LogP contribution in [-0.4, -0.2) is 0 Å². The number of aryl methyl sites for hydroxylation is 1. The summed E-state index contributed by atoms with van der Waals surface area (Å²) in [5, 5.41) is 0. The molecular weight excluding hydrogens is 360 g/mol. The summed E-state index contributed by atoms with van der Waals surface area (Å²) in [5.41, 5.74) is 4.62. The molecule has 0 atom stereocenters. The lowest BCUT2D eigenvalue weighted by molar-refractivity contribution is 0.166. The summed E-state index contributed by atoms with van der Waals surface area (Å²) in [6.07, 6.45) is 22.7. The highest BCUT2D eigenvalue weighted by molar-refractivity contribution is 5.33. The molecule has 4 rings (SSSR count). The van der Waals surface area contributed by atoms with Gasteiger partial charge in [-0.3, -0.25) is 0 Å². The molecule has 168 valence electrons. The standard InChI is InChI=1S/C30H48/c1-22-7-9-25(10-8-22)19-26-11-13-27(14-12-26)20-28-15-17-29(18-16-28)21-30-6-4-5-23(2)24(30)3/h4-6,22,25-29H,7-21H2,1-3H3. The van der Waals surface area contributed by atoms with E-state index in [2.05, 4.69) is 39.0 Å². The van der Waals surface area contributed by atoms with Crippen LogP contribution in [0, 0.1) is 49.4 Å². The highest BCUT2D eigenvalue weighted by Crippen LogP contribution is 2.42. The van der Waals surface area contributed by atoms with Gasteiger partial charge in [0.2, 0.25) is 0 Å². The summed E-state index contributed by atoms with van der Waals surface area (Å²) in [6, 6.07) is 6.90. The maximum absolute atomic E-state index is 2.46. The first-order valence-corrected chi connectivity index (χ1v) is 13.6. The van der Waals surface area contributed by atoms with Crippen LogP contribution in [0.5, 0.6) is 0 Å². The predicted octanol–water partition coefficient (Wildman–Crippen LogP) is 9.07. The molecule has 1 aromatic rings. The van der Waals surface area contributed by atoms with Crippen LogP contribution in [0.2, 0.25) is 0 Å². The molecule has 3 aliphatic carbocycles. The first-order chi connectivity index (χ1) is 14.6. The van der Waals surface area contributed by atoms with Gasteiger partial charge in [0.05, 0.1) is 0 Å². The van der Waals surface area contributed by atoms with Gasteiger partial charge in [-0.15, -0.1) is 0 Å². The third-order valence-corrected chi connectivity index (χ3v) is 9.63. The Morgan fingerprint density at radius 3 is 1.53 bits per heavy atom. The molecule has 0 nitrogen and oxygen atoms in total. The average Bonchev–Trinajstić information content (AvgIpc) is 2.76. The van der Waals surface area contributed by atoms with Crippen LogP contribution >= 0.6 is 0 Å². The van der Waals surface area contributed by atoms with E-state index in [-0.39, 0.29) is 0 Å². The van der Waals surface area contributed by atoms with E-state index in [0.29, 0.717) is 0 Å². The van der Waals surface area contributed by atoms with Crippen molar-refractivity contribution in [3.63, 3.8) is 0 Å². The van der Waals surface area contributed by atoms with Crippen LogP contribution in [0.1, 0.15) is 114 Å². The van der Waals surface area contributed by atoms with Crippen LogP contribution < -0.4 is 0 Å². The third kappa shape index (κ3) is 6.14. The Kier molecular flexibility index (Phi) is 7.99. The Morgan fingerprint density at radius 2 is 1.03 bits per heavy atom. The summed E-state index contributed by atoms with van der Waals surface area (Å²) in [4.78, 5) is 0. The Labute approximate surface area is 187 Å². The van der Waals surface area contributed by atoms with Crippen LogP contribution in [0.25, 0.3) is 0 Å². The van der Waals surface area contributed by atoms with E-state index in [1.165, 1.54) is 63.4 Å². The van der Waals surface area contributed by atoms with Gasteiger partial charge >= 0.3 is 0 Å². The molecule has 0 N–H and O–H groups in total. The molecule has 3 aliphatic rings. The lowest BCUT2D eigenvalue weighted by Gasteiger charge is -2.36. The summed E-state index contributed by atoms with van der Waals surface area (Å²) >= 11 is 0. The SMILES string of the molecule is Cc1cccc(CC2CCC(CC3CCC(CC4CCC(C)CC4)CC3)CC2)c1C. The third-order valence-electron chi connectivity index (χ3n) is 9.63. The lowest BCUT2D eigenvalue weighted by atomic mass is 9.70. The Morgan fingerprint density at radius 1 is 0.600 bits per heavy atom. The zero-order valence-corrected chi connectivity index (χ0v) is 20.3. The summed E-state index contributed by atoms with van der Waals surface area (Å²) < 4.78 is 0. The van der Waals surface area contributed by atoms with E-state index in [1.807, 2.05) is 0 Å². The van der Waals surface area contributed by atoms with Crippen LogP contribution in [0.15, 0.2) is 18.2 Å². The molecule has 0 heterocycles. The Bertz CT molecular complexity index is 634. The second kappa shape index (κ2) is 10.7.